The van der Waals surface area contributed by atoms with Gasteiger partial charge in [-0.1, -0.05) is 30.3 Å². The molecule has 0 N–H and O–H groups in total. The predicted molar refractivity (Wildman–Crippen MR) is 91.2 cm³/mol. The molecular weight excluding hydrogens is 306 g/mol. The largest absolute Gasteiger partial charge is 0.497 e. The van der Waals surface area contributed by atoms with Crippen LogP contribution in [0.5, 0.6) is 11.5 Å². The van der Waals surface area contributed by atoms with Crippen LogP contribution in [0, 0.1) is 0 Å². The van der Waals surface area contributed by atoms with E-state index in [0.29, 0.717) is 23.8 Å². The van der Waals surface area contributed by atoms with Gasteiger partial charge in [-0.25, -0.2) is 9.79 Å². The Morgan fingerprint density at radius 3 is 2.33 bits per heavy atom. The third-order valence-electron chi connectivity index (χ3n) is 3.54. The third kappa shape index (κ3) is 3.63. The lowest BCUT2D eigenvalue weighted by atomic mass is 10.1. The van der Waals surface area contributed by atoms with Gasteiger partial charge in [-0.05, 0) is 29.3 Å². The maximum absolute atomic E-state index is 12.0. The van der Waals surface area contributed by atoms with Crippen LogP contribution in [0.25, 0.3) is 6.08 Å². The van der Waals surface area contributed by atoms with Crippen LogP contribution in [0.4, 0.5) is 0 Å². The molecule has 0 saturated heterocycles. The number of ether oxygens (including phenoxy) is 3. The highest BCUT2D eigenvalue weighted by molar-refractivity contribution is 6.07. The van der Waals surface area contributed by atoms with Crippen molar-refractivity contribution in [1.29, 1.82) is 0 Å². The molecule has 0 atom stereocenters. The minimum absolute atomic E-state index is 0.260. The fourth-order valence-corrected chi connectivity index (χ4v) is 2.37. The van der Waals surface area contributed by atoms with Gasteiger partial charge in [-0.15, -0.1) is 0 Å². The minimum atomic E-state index is -0.456. The number of nitrogens with zero attached hydrogens (tertiary/aromatic N) is 1. The zero-order chi connectivity index (χ0) is 16.9. The molecule has 0 aliphatic carbocycles. The van der Waals surface area contributed by atoms with E-state index >= 15 is 0 Å². The number of benzene rings is 2. The van der Waals surface area contributed by atoms with Crippen LogP contribution < -0.4 is 9.47 Å². The Hall–Kier alpha value is -3.08. The second-order valence-corrected chi connectivity index (χ2v) is 5.23. The van der Waals surface area contributed by atoms with Crippen LogP contribution in [-0.2, 0) is 16.0 Å². The van der Waals surface area contributed by atoms with Crippen molar-refractivity contribution in [3.05, 3.63) is 65.4 Å². The van der Waals surface area contributed by atoms with E-state index in [1.54, 1.807) is 38.5 Å². The quantitative estimate of drug-likeness (QED) is 0.626. The summed E-state index contributed by atoms with van der Waals surface area (Å²) in [4.78, 5) is 16.3. The highest BCUT2D eigenvalue weighted by atomic mass is 16.6. The summed E-state index contributed by atoms with van der Waals surface area (Å²) < 4.78 is 15.7. The first-order valence-electron chi connectivity index (χ1n) is 7.46. The number of hydrogen-bond acceptors (Lipinski definition) is 5. The highest BCUT2D eigenvalue weighted by Gasteiger charge is 2.23. The van der Waals surface area contributed by atoms with Crippen LogP contribution in [0.15, 0.2) is 59.2 Å². The van der Waals surface area contributed by atoms with Crippen molar-refractivity contribution in [1.82, 2.24) is 0 Å². The summed E-state index contributed by atoms with van der Waals surface area (Å²) in [6.07, 6.45) is 2.14. The minimum Gasteiger partial charge on any atom is -0.497 e. The van der Waals surface area contributed by atoms with E-state index in [0.717, 1.165) is 11.1 Å². The third-order valence-corrected chi connectivity index (χ3v) is 3.54. The first-order valence-corrected chi connectivity index (χ1v) is 7.46. The molecule has 0 fully saturated rings. The number of methoxy groups -OCH3 is 2. The number of cyclic esters (lactones) is 1. The van der Waals surface area contributed by atoms with E-state index in [4.69, 9.17) is 14.2 Å². The van der Waals surface area contributed by atoms with E-state index in [9.17, 15) is 4.79 Å². The molecule has 122 valence electrons. The van der Waals surface area contributed by atoms with Crippen molar-refractivity contribution in [2.75, 3.05) is 14.2 Å². The number of aliphatic imine (C=N–C) groups is 1. The molecule has 1 aliphatic rings. The zero-order valence-corrected chi connectivity index (χ0v) is 13.5. The van der Waals surface area contributed by atoms with E-state index in [-0.39, 0.29) is 5.70 Å². The molecule has 2 aromatic rings. The van der Waals surface area contributed by atoms with Crippen LogP contribution >= 0.6 is 0 Å². The number of hydrogen-bond donors (Lipinski definition) is 0. The van der Waals surface area contributed by atoms with Gasteiger partial charge in [0.25, 0.3) is 0 Å². The summed E-state index contributed by atoms with van der Waals surface area (Å²) in [7, 11) is 3.15. The second-order valence-electron chi connectivity index (χ2n) is 5.23. The lowest BCUT2D eigenvalue weighted by molar-refractivity contribution is -0.130. The average Bonchev–Trinajstić information content (AvgIpc) is 2.94. The Morgan fingerprint density at radius 2 is 1.71 bits per heavy atom. The van der Waals surface area contributed by atoms with Crippen molar-refractivity contribution >= 4 is 17.9 Å². The van der Waals surface area contributed by atoms with Crippen LogP contribution in [-0.4, -0.2) is 26.1 Å². The van der Waals surface area contributed by atoms with Gasteiger partial charge in [0.2, 0.25) is 5.90 Å². The fourth-order valence-electron chi connectivity index (χ4n) is 2.37. The maximum Gasteiger partial charge on any atom is 0.363 e. The molecular formula is C19H17NO4. The molecule has 0 bridgehead atoms. The van der Waals surface area contributed by atoms with Crippen molar-refractivity contribution < 1.29 is 19.0 Å². The molecule has 0 aromatic heterocycles. The van der Waals surface area contributed by atoms with Gasteiger partial charge in [-0.3, -0.25) is 0 Å². The second kappa shape index (κ2) is 7.00. The number of carbonyl (C=O) groups is 1. The first kappa shape index (κ1) is 15.8. The van der Waals surface area contributed by atoms with Gasteiger partial charge in [-0.2, -0.15) is 0 Å². The number of rotatable bonds is 5. The van der Waals surface area contributed by atoms with Crippen molar-refractivity contribution in [3.8, 4) is 11.5 Å². The standard InChI is InChI=1S/C19H17NO4/c1-22-15-8-14(9-16(12-15)23-2)10-17-19(21)24-18(20-17)11-13-6-4-3-5-7-13/h3-10,12H,11H2,1-2H3/b17-10+. The molecule has 5 heteroatoms. The highest BCUT2D eigenvalue weighted by Crippen LogP contribution is 2.25. The first-order chi connectivity index (χ1) is 11.7. The van der Waals surface area contributed by atoms with Crippen molar-refractivity contribution in [3.63, 3.8) is 0 Å². The van der Waals surface area contributed by atoms with E-state index in [1.807, 2.05) is 30.3 Å². The Labute approximate surface area is 140 Å². The van der Waals surface area contributed by atoms with E-state index in [1.165, 1.54) is 0 Å². The summed E-state index contributed by atoms with van der Waals surface area (Å²) in [6.45, 7) is 0. The summed E-state index contributed by atoms with van der Waals surface area (Å²) >= 11 is 0. The van der Waals surface area contributed by atoms with Crippen LogP contribution in [0.1, 0.15) is 11.1 Å². The van der Waals surface area contributed by atoms with E-state index < -0.39 is 5.97 Å². The molecule has 0 unspecified atom stereocenters. The topological polar surface area (TPSA) is 57.1 Å². The molecule has 5 nitrogen and oxygen atoms in total. The Balaban J connectivity index is 1.86. The smallest absolute Gasteiger partial charge is 0.363 e. The molecule has 24 heavy (non-hydrogen) atoms. The summed E-state index contributed by atoms with van der Waals surface area (Å²) in [6, 6.07) is 15.1. The summed E-state index contributed by atoms with van der Waals surface area (Å²) in [5, 5.41) is 0. The molecule has 0 spiro atoms. The Kier molecular flexibility index (Phi) is 4.61. The molecule has 0 amide bonds. The predicted octanol–water partition coefficient (Wildman–Crippen LogP) is 3.24. The Bertz CT molecular complexity index is 787. The van der Waals surface area contributed by atoms with Gasteiger partial charge in [0, 0.05) is 12.5 Å². The Morgan fingerprint density at radius 1 is 1.04 bits per heavy atom. The van der Waals surface area contributed by atoms with E-state index in [2.05, 4.69) is 4.99 Å². The molecule has 3 rings (SSSR count). The molecule has 0 saturated carbocycles. The SMILES string of the molecule is COc1cc(/C=C2/N=C(Cc3ccccc3)OC2=O)cc(OC)c1. The zero-order valence-electron chi connectivity index (χ0n) is 13.5. The number of carbonyl (C=O) groups excluding carboxylic acids is 1. The summed E-state index contributed by atoms with van der Waals surface area (Å²) in [5.74, 6) is 1.22. The van der Waals surface area contributed by atoms with Crippen LogP contribution in [0.2, 0.25) is 0 Å². The molecule has 2 aromatic carbocycles. The van der Waals surface area contributed by atoms with Crippen molar-refractivity contribution in [2.45, 2.75) is 6.42 Å². The van der Waals surface area contributed by atoms with Crippen molar-refractivity contribution in [2.24, 2.45) is 4.99 Å². The molecule has 1 aliphatic heterocycles. The molecule has 0 radical (unpaired) electrons. The van der Waals surface area contributed by atoms with Gasteiger partial charge in [0.15, 0.2) is 5.70 Å². The summed E-state index contributed by atoms with van der Waals surface area (Å²) in [5.41, 5.74) is 2.05. The fraction of sp³-hybridized carbons (Fsp3) is 0.158. The lowest BCUT2D eigenvalue weighted by Gasteiger charge is -2.05. The van der Waals surface area contributed by atoms with Crippen LogP contribution in [0.3, 0.4) is 0 Å². The number of esters is 1. The average molecular weight is 323 g/mol. The maximum atomic E-state index is 12.0. The van der Waals surface area contributed by atoms with Gasteiger partial charge < -0.3 is 14.2 Å². The molecule has 1 heterocycles. The van der Waals surface area contributed by atoms with Gasteiger partial charge in [0.1, 0.15) is 11.5 Å². The lowest BCUT2D eigenvalue weighted by Crippen LogP contribution is -2.06. The monoisotopic (exact) mass is 323 g/mol. The van der Waals surface area contributed by atoms with Gasteiger partial charge >= 0.3 is 5.97 Å². The van der Waals surface area contributed by atoms with Gasteiger partial charge in [0.05, 0.1) is 14.2 Å². The normalized spacial score (nSPS) is 15.2.